The zero-order valence-corrected chi connectivity index (χ0v) is 11.5. The first kappa shape index (κ1) is 14.2. The number of rotatable bonds is 5. The van der Waals surface area contributed by atoms with Gasteiger partial charge in [0.05, 0.1) is 6.61 Å². The molecule has 0 bridgehead atoms. The van der Waals surface area contributed by atoms with Gasteiger partial charge in [0.2, 0.25) is 0 Å². The zero-order chi connectivity index (χ0) is 14.8. The molecule has 1 aliphatic heterocycles. The van der Waals surface area contributed by atoms with E-state index in [0.717, 1.165) is 12.0 Å². The molecule has 4 heteroatoms. The Balaban J connectivity index is 1.87. The summed E-state index contributed by atoms with van der Waals surface area (Å²) in [6, 6.07) is 10.5. The van der Waals surface area contributed by atoms with E-state index in [1.165, 1.54) is 0 Å². The van der Waals surface area contributed by atoms with Crippen molar-refractivity contribution in [2.45, 2.75) is 18.9 Å². The highest BCUT2D eigenvalue weighted by Gasteiger charge is 2.30. The van der Waals surface area contributed by atoms with Crippen LogP contribution in [0.25, 0.3) is 11.1 Å². The minimum absolute atomic E-state index is 0.145. The van der Waals surface area contributed by atoms with E-state index in [1.54, 1.807) is 24.3 Å². The predicted octanol–water partition coefficient (Wildman–Crippen LogP) is 3.63. The smallest absolute Gasteiger partial charge is 0.167 e. The first-order valence-corrected chi connectivity index (χ1v) is 7.00. The Bertz CT molecular complexity index is 634. The number of aryl methyl sites for hydroxylation is 1. The number of hydrogen-bond acceptors (Lipinski definition) is 2. The molecule has 0 spiro atoms. The molecule has 1 N–H and O–H groups in total. The Morgan fingerprint density at radius 3 is 2.38 bits per heavy atom. The number of ether oxygens (including phenoxy) is 1. The summed E-state index contributed by atoms with van der Waals surface area (Å²) in [6.07, 6.45) is 1.17. The van der Waals surface area contributed by atoms with Gasteiger partial charge in [0.25, 0.3) is 0 Å². The second kappa shape index (κ2) is 5.92. The number of halogens is 2. The van der Waals surface area contributed by atoms with Gasteiger partial charge in [-0.15, -0.1) is 0 Å². The first-order valence-electron chi connectivity index (χ1n) is 7.00. The normalized spacial score (nSPS) is 17.0. The van der Waals surface area contributed by atoms with Crippen LogP contribution in [0.5, 0.6) is 0 Å². The van der Waals surface area contributed by atoms with Crippen molar-refractivity contribution in [1.82, 2.24) is 0 Å². The second-order valence-electron chi connectivity index (χ2n) is 5.18. The maximum atomic E-state index is 14.2. The van der Waals surface area contributed by atoms with Crippen molar-refractivity contribution in [3.8, 4) is 11.1 Å². The minimum atomic E-state index is -0.828. The summed E-state index contributed by atoms with van der Waals surface area (Å²) in [7, 11) is 0. The monoisotopic (exact) mass is 290 g/mol. The molecule has 2 aromatic carbocycles. The average Bonchev–Trinajstić information content (AvgIpc) is 3.33. The van der Waals surface area contributed by atoms with Crippen LogP contribution in [0.15, 0.2) is 36.4 Å². The SMILES string of the molecule is OCCCc1ccc(-c2ccc(C3CO3)c(F)c2F)cc1. The lowest BCUT2D eigenvalue weighted by molar-refractivity contribution is 0.288. The van der Waals surface area contributed by atoms with Crippen molar-refractivity contribution in [1.29, 1.82) is 0 Å². The Morgan fingerprint density at radius 2 is 1.76 bits per heavy atom. The molecule has 2 aromatic rings. The molecule has 0 aliphatic carbocycles. The number of epoxide rings is 1. The Kier molecular flexibility index (Phi) is 3.99. The summed E-state index contributed by atoms with van der Waals surface area (Å²) >= 11 is 0. The molecule has 1 unspecified atom stereocenters. The van der Waals surface area contributed by atoms with E-state index < -0.39 is 11.6 Å². The third-order valence-corrected chi connectivity index (χ3v) is 3.68. The molecule has 0 aromatic heterocycles. The highest BCUT2D eigenvalue weighted by Crippen LogP contribution is 2.35. The van der Waals surface area contributed by atoms with Gasteiger partial charge < -0.3 is 9.84 Å². The number of hydrogen-bond donors (Lipinski definition) is 1. The maximum Gasteiger partial charge on any atom is 0.167 e. The summed E-state index contributed by atoms with van der Waals surface area (Å²) in [5.74, 6) is -1.65. The molecule has 1 fully saturated rings. The molecule has 2 nitrogen and oxygen atoms in total. The molecule has 1 saturated heterocycles. The van der Waals surface area contributed by atoms with Gasteiger partial charge in [0.1, 0.15) is 6.10 Å². The summed E-state index contributed by atoms with van der Waals surface area (Å²) in [5, 5.41) is 8.80. The molecule has 0 amide bonds. The van der Waals surface area contributed by atoms with E-state index in [-0.39, 0.29) is 23.8 Å². The van der Waals surface area contributed by atoms with Crippen molar-refractivity contribution in [2.75, 3.05) is 13.2 Å². The van der Waals surface area contributed by atoms with E-state index in [1.807, 2.05) is 12.1 Å². The Hall–Kier alpha value is -1.78. The molecule has 1 atom stereocenters. The topological polar surface area (TPSA) is 32.8 Å². The lowest BCUT2D eigenvalue weighted by atomic mass is 9.99. The average molecular weight is 290 g/mol. The standard InChI is InChI=1S/C17H16F2O2/c18-16-13(7-8-14(17(16)19)15-10-21-15)12-5-3-11(4-6-12)2-1-9-20/h3-8,15,20H,1-2,9-10H2. The molecule has 110 valence electrons. The van der Waals surface area contributed by atoms with Gasteiger partial charge in [-0.2, -0.15) is 0 Å². The minimum Gasteiger partial charge on any atom is -0.396 e. The van der Waals surface area contributed by atoms with Crippen LogP contribution in [0.4, 0.5) is 8.78 Å². The van der Waals surface area contributed by atoms with Gasteiger partial charge in [-0.05, 0) is 24.0 Å². The van der Waals surface area contributed by atoms with Crippen LogP contribution in [0.2, 0.25) is 0 Å². The highest BCUT2D eigenvalue weighted by molar-refractivity contribution is 5.65. The molecular formula is C17H16F2O2. The number of aliphatic hydroxyl groups excluding tert-OH is 1. The van der Waals surface area contributed by atoms with Crippen LogP contribution in [-0.2, 0) is 11.2 Å². The fourth-order valence-corrected chi connectivity index (χ4v) is 2.40. The molecule has 3 rings (SSSR count). The van der Waals surface area contributed by atoms with Gasteiger partial charge in [-0.1, -0.05) is 36.4 Å². The van der Waals surface area contributed by atoms with Gasteiger partial charge in [0, 0.05) is 17.7 Å². The van der Waals surface area contributed by atoms with Crippen LogP contribution in [0, 0.1) is 11.6 Å². The fourth-order valence-electron chi connectivity index (χ4n) is 2.40. The van der Waals surface area contributed by atoms with Crippen LogP contribution in [-0.4, -0.2) is 18.3 Å². The van der Waals surface area contributed by atoms with Crippen molar-refractivity contribution < 1.29 is 18.6 Å². The van der Waals surface area contributed by atoms with E-state index in [4.69, 9.17) is 9.84 Å². The molecule has 21 heavy (non-hydrogen) atoms. The van der Waals surface area contributed by atoms with E-state index >= 15 is 0 Å². The largest absolute Gasteiger partial charge is 0.396 e. The quantitative estimate of drug-likeness (QED) is 0.853. The molecular weight excluding hydrogens is 274 g/mol. The molecule has 1 heterocycles. The van der Waals surface area contributed by atoms with E-state index in [0.29, 0.717) is 18.6 Å². The van der Waals surface area contributed by atoms with Crippen LogP contribution >= 0.6 is 0 Å². The first-order chi connectivity index (χ1) is 10.2. The van der Waals surface area contributed by atoms with Gasteiger partial charge >= 0.3 is 0 Å². The summed E-state index contributed by atoms with van der Waals surface area (Å²) < 4.78 is 33.2. The second-order valence-corrected chi connectivity index (χ2v) is 5.18. The lowest BCUT2D eigenvalue weighted by Crippen LogP contribution is -1.96. The molecule has 1 aliphatic rings. The van der Waals surface area contributed by atoms with Crippen molar-refractivity contribution in [3.63, 3.8) is 0 Å². The highest BCUT2D eigenvalue weighted by atomic mass is 19.2. The van der Waals surface area contributed by atoms with Crippen LogP contribution in [0.1, 0.15) is 23.7 Å². The molecule has 0 saturated carbocycles. The molecule has 0 radical (unpaired) electrons. The van der Waals surface area contributed by atoms with Gasteiger partial charge in [0.15, 0.2) is 11.6 Å². The summed E-state index contributed by atoms with van der Waals surface area (Å²) in [5.41, 5.74) is 2.25. The Labute approximate surface area is 122 Å². The van der Waals surface area contributed by atoms with E-state index in [2.05, 4.69) is 0 Å². The maximum absolute atomic E-state index is 14.2. The summed E-state index contributed by atoms with van der Waals surface area (Å²) in [4.78, 5) is 0. The van der Waals surface area contributed by atoms with Gasteiger partial charge in [-0.25, -0.2) is 8.78 Å². The van der Waals surface area contributed by atoms with Crippen LogP contribution in [0.3, 0.4) is 0 Å². The van der Waals surface area contributed by atoms with Crippen molar-refractivity contribution in [2.24, 2.45) is 0 Å². The van der Waals surface area contributed by atoms with Crippen molar-refractivity contribution in [3.05, 3.63) is 59.2 Å². The lowest BCUT2D eigenvalue weighted by Gasteiger charge is -2.08. The van der Waals surface area contributed by atoms with Gasteiger partial charge in [-0.3, -0.25) is 0 Å². The van der Waals surface area contributed by atoms with E-state index in [9.17, 15) is 8.78 Å². The van der Waals surface area contributed by atoms with Crippen LogP contribution < -0.4 is 0 Å². The number of aliphatic hydroxyl groups is 1. The Morgan fingerprint density at radius 1 is 1.05 bits per heavy atom. The fraction of sp³-hybridized carbons (Fsp3) is 0.294. The third-order valence-electron chi connectivity index (χ3n) is 3.68. The zero-order valence-electron chi connectivity index (χ0n) is 11.5. The predicted molar refractivity (Wildman–Crippen MR) is 75.9 cm³/mol. The number of benzene rings is 2. The third kappa shape index (κ3) is 2.96. The van der Waals surface area contributed by atoms with Crippen molar-refractivity contribution >= 4 is 0 Å². The summed E-state index contributed by atoms with van der Waals surface area (Å²) in [6.45, 7) is 0.599.